The van der Waals surface area contributed by atoms with E-state index in [2.05, 4.69) is 17.4 Å². The second-order valence-electron chi connectivity index (χ2n) is 7.90. The lowest BCUT2D eigenvalue weighted by atomic mass is 9.90. The summed E-state index contributed by atoms with van der Waals surface area (Å²) in [6.07, 6.45) is 7.23. The van der Waals surface area contributed by atoms with E-state index >= 15 is 0 Å². The zero-order valence-corrected chi connectivity index (χ0v) is 16.3. The van der Waals surface area contributed by atoms with Crippen molar-refractivity contribution < 1.29 is 9.53 Å². The molecule has 2 aromatic carbocycles. The molecule has 0 saturated heterocycles. The van der Waals surface area contributed by atoms with Crippen LogP contribution in [0.5, 0.6) is 0 Å². The average Bonchev–Trinajstić information content (AvgIpc) is 3.20. The van der Waals surface area contributed by atoms with E-state index in [1.165, 1.54) is 24.8 Å². The molecule has 4 rings (SSSR count). The lowest BCUT2D eigenvalue weighted by molar-refractivity contribution is -0.127. The molecular weight excluding hydrogens is 348 g/mol. The molecule has 1 atom stereocenters. The monoisotopic (exact) mass is 376 g/mol. The van der Waals surface area contributed by atoms with Gasteiger partial charge in [-0.15, -0.1) is 0 Å². The molecule has 1 aliphatic carbocycles. The highest BCUT2D eigenvalue weighted by Crippen LogP contribution is 2.29. The van der Waals surface area contributed by atoms with Crippen LogP contribution in [0.4, 0.5) is 0 Å². The van der Waals surface area contributed by atoms with Crippen molar-refractivity contribution in [3.05, 3.63) is 71.8 Å². The molecule has 0 spiro atoms. The summed E-state index contributed by atoms with van der Waals surface area (Å²) in [5.41, 5.74) is 1.30. The normalized spacial score (nSPS) is 22.4. The summed E-state index contributed by atoms with van der Waals surface area (Å²) < 4.78 is 5.94. The minimum atomic E-state index is -0.849. The van der Waals surface area contributed by atoms with Crippen LogP contribution in [0.1, 0.15) is 49.7 Å². The maximum absolute atomic E-state index is 13.3. The maximum atomic E-state index is 13.3. The van der Waals surface area contributed by atoms with Gasteiger partial charge in [-0.05, 0) is 43.4 Å². The second kappa shape index (κ2) is 8.59. The molecule has 1 amide bonds. The molecular formula is C24H28N2O2. The van der Waals surface area contributed by atoms with Crippen molar-refractivity contribution in [2.75, 3.05) is 6.61 Å². The van der Waals surface area contributed by atoms with Crippen LogP contribution < -0.4 is 5.32 Å². The first-order valence-corrected chi connectivity index (χ1v) is 10.4. The zero-order chi connectivity index (χ0) is 19.2. The number of benzene rings is 2. The first-order valence-electron chi connectivity index (χ1n) is 10.4. The van der Waals surface area contributed by atoms with E-state index in [9.17, 15) is 4.79 Å². The molecule has 1 unspecified atom stereocenters. The topological polar surface area (TPSA) is 50.7 Å². The molecule has 146 valence electrons. The first-order chi connectivity index (χ1) is 13.8. The molecule has 0 bridgehead atoms. The van der Waals surface area contributed by atoms with Gasteiger partial charge in [0.25, 0.3) is 5.91 Å². The van der Waals surface area contributed by atoms with Crippen molar-refractivity contribution in [3.63, 3.8) is 0 Å². The minimum Gasteiger partial charge on any atom is -0.474 e. The van der Waals surface area contributed by atoms with Crippen LogP contribution in [0.3, 0.4) is 0 Å². The molecule has 1 N–H and O–H groups in total. The molecule has 1 aliphatic heterocycles. The fourth-order valence-corrected chi connectivity index (χ4v) is 4.10. The first kappa shape index (κ1) is 18.7. The van der Waals surface area contributed by atoms with Crippen molar-refractivity contribution >= 4 is 11.8 Å². The Morgan fingerprint density at radius 3 is 2.39 bits per heavy atom. The SMILES string of the molecule is O=C(NC1CCCCC1)C1(CCc2ccccc2)COC(c2ccccc2)=N1. The van der Waals surface area contributed by atoms with Gasteiger partial charge in [0.1, 0.15) is 6.61 Å². The third-order valence-electron chi connectivity index (χ3n) is 5.82. The van der Waals surface area contributed by atoms with Crippen molar-refractivity contribution in [1.29, 1.82) is 0 Å². The summed E-state index contributed by atoms with van der Waals surface area (Å²) in [7, 11) is 0. The molecule has 28 heavy (non-hydrogen) atoms. The quantitative estimate of drug-likeness (QED) is 0.818. The second-order valence-corrected chi connectivity index (χ2v) is 7.90. The predicted molar refractivity (Wildman–Crippen MR) is 111 cm³/mol. The Morgan fingerprint density at radius 1 is 1.00 bits per heavy atom. The number of amides is 1. The summed E-state index contributed by atoms with van der Waals surface area (Å²) in [5.74, 6) is 0.591. The molecule has 2 aromatic rings. The molecule has 1 saturated carbocycles. The van der Waals surface area contributed by atoms with Crippen LogP contribution in [0.25, 0.3) is 0 Å². The zero-order valence-electron chi connectivity index (χ0n) is 16.3. The Kier molecular flexibility index (Phi) is 5.75. The lowest BCUT2D eigenvalue weighted by Gasteiger charge is -2.28. The van der Waals surface area contributed by atoms with E-state index in [-0.39, 0.29) is 11.9 Å². The Morgan fingerprint density at radius 2 is 1.68 bits per heavy atom. The number of nitrogens with zero attached hydrogens (tertiary/aromatic N) is 1. The number of carbonyl (C=O) groups is 1. The number of rotatable bonds is 6. The van der Waals surface area contributed by atoms with Gasteiger partial charge in [0.2, 0.25) is 5.90 Å². The van der Waals surface area contributed by atoms with Gasteiger partial charge in [0.15, 0.2) is 5.54 Å². The summed E-state index contributed by atoms with van der Waals surface area (Å²) in [5, 5.41) is 3.28. The number of ether oxygens (including phenoxy) is 1. The van der Waals surface area contributed by atoms with Gasteiger partial charge in [-0.1, -0.05) is 67.8 Å². The Labute approximate surface area is 167 Å². The Hall–Kier alpha value is -2.62. The van der Waals surface area contributed by atoms with E-state index in [0.29, 0.717) is 18.9 Å². The number of hydrogen-bond acceptors (Lipinski definition) is 3. The lowest BCUT2D eigenvalue weighted by Crippen LogP contribution is -2.50. The van der Waals surface area contributed by atoms with E-state index in [1.54, 1.807) is 0 Å². The van der Waals surface area contributed by atoms with Crippen LogP contribution >= 0.6 is 0 Å². The maximum Gasteiger partial charge on any atom is 0.251 e. The molecule has 1 fully saturated rings. The van der Waals surface area contributed by atoms with Gasteiger partial charge in [-0.25, -0.2) is 4.99 Å². The number of aliphatic imine (C=N–C) groups is 1. The summed E-state index contributed by atoms with van der Waals surface area (Å²) >= 11 is 0. The van der Waals surface area contributed by atoms with Crippen molar-refractivity contribution in [3.8, 4) is 0 Å². The van der Waals surface area contributed by atoms with Crippen molar-refractivity contribution in [2.24, 2.45) is 4.99 Å². The summed E-state index contributed by atoms with van der Waals surface area (Å²) in [6.45, 7) is 0.308. The predicted octanol–water partition coefficient (Wildman–Crippen LogP) is 4.28. The number of aryl methyl sites for hydroxylation is 1. The highest BCUT2D eigenvalue weighted by molar-refractivity contribution is 6.00. The van der Waals surface area contributed by atoms with Gasteiger partial charge in [0.05, 0.1) is 0 Å². The fraction of sp³-hybridized carbons (Fsp3) is 0.417. The third-order valence-corrected chi connectivity index (χ3v) is 5.82. The van der Waals surface area contributed by atoms with Crippen LogP contribution in [0, 0.1) is 0 Å². The third kappa shape index (κ3) is 4.27. The van der Waals surface area contributed by atoms with Crippen molar-refractivity contribution in [2.45, 2.75) is 56.5 Å². The standard InChI is InChI=1S/C24H28N2O2/c27-23(25-21-14-8-3-9-15-21)24(17-16-19-10-4-1-5-11-19)18-28-22(26-24)20-12-6-2-7-13-20/h1-2,4-7,10-13,21H,3,8-9,14-18H2,(H,25,27). The summed E-state index contributed by atoms with van der Waals surface area (Å²) in [4.78, 5) is 18.2. The molecule has 0 aromatic heterocycles. The van der Waals surface area contributed by atoms with Crippen LogP contribution in [0.15, 0.2) is 65.7 Å². The van der Waals surface area contributed by atoms with E-state index in [4.69, 9.17) is 9.73 Å². The molecule has 2 aliphatic rings. The largest absolute Gasteiger partial charge is 0.474 e. The highest BCUT2D eigenvalue weighted by atomic mass is 16.5. The van der Waals surface area contributed by atoms with Crippen molar-refractivity contribution in [1.82, 2.24) is 5.32 Å². The van der Waals surface area contributed by atoms with Gasteiger partial charge in [0, 0.05) is 11.6 Å². The highest BCUT2D eigenvalue weighted by Gasteiger charge is 2.44. The Balaban J connectivity index is 1.55. The molecule has 1 heterocycles. The van der Waals surface area contributed by atoms with E-state index < -0.39 is 5.54 Å². The van der Waals surface area contributed by atoms with Gasteiger partial charge >= 0.3 is 0 Å². The Bertz CT molecular complexity index is 813. The van der Waals surface area contributed by atoms with Gasteiger partial charge in [-0.3, -0.25) is 4.79 Å². The van der Waals surface area contributed by atoms with E-state index in [1.807, 2.05) is 48.5 Å². The van der Waals surface area contributed by atoms with Crippen LogP contribution in [0.2, 0.25) is 0 Å². The molecule has 4 heteroatoms. The minimum absolute atomic E-state index is 0.0151. The average molecular weight is 377 g/mol. The number of carbonyl (C=O) groups excluding carboxylic acids is 1. The van der Waals surface area contributed by atoms with Crippen LogP contribution in [-0.4, -0.2) is 30.0 Å². The smallest absolute Gasteiger partial charge is 0.251 e. The van der Waals surface area contributed by atoms with E-state index in [0.717, 1.165) is 24.8 Å². The van der Waals surface area contributed by atoms with Gasteiger partial charge < -0.3 is 10.1 Å². The molecule has 0 radical (unpaired) electrons. The molecule has 4 nitrogen and oxygen atoms in total. The number of hydrogen-bond donors (Lipinski definition) is 1. The fourth-order valence-electron chi connectivity index (χ4n) is 4.10. The van der Waals surface area contributed by atoms with Crippen LogP contribution in [-0.2, 0) is 16.0 Å². The van der Waals surface area contributed by atoms with Gasteiger partial charge in [-0.2, -0.15) is 0 Å². The summed E-state index contributed by atoms with van der Waals surface area (Å²) in [6, 6.07) is 20.4. The number of nitrogens with one attached hydrogen (secondary N) is 1.